The summed E-state index contributed by atoms with van der Waals surface area (Å²) in [6.07, 6.45) is 1.55. The smallest absolute Gasteiger partial charge is 0.259 e. The fourth-order valence-corrected chi connectivity index (χ4v) is 2.45. The van der Waals surface area contributed by atoms with Gasteiger partial charge in [0.05, 0.1) is 17.7 Å². The quantitative estimate of drug-likeness (QED) is 0.671. The number of methoxy groups -OCH3 is 1. The summed E-state index contributed by atoms with van der Waals surface area (Å²) in [6.45, 7) is 0. The standard InChI is InChI=1S/C19H15ClFN3O2/c1-26-14-7-4-12(5-8-14)24-19(25)15-3-2-10-22-18(15)23-13-6-9-17(21)16(20)11-13/h2-11H,1H3,(H,22,23)(H,24,25). The number of pyridine rings is 1. The van der Waals surface area contributed by atoms with E-state index >= 15 is 0 Å². The molecular formula is C19H15ClFN3O2. The topological polar surface area (TPSA) is 63.2 Å². The molecule has 0 fully saturated rings. The van der Waals surface area contributed by atoms with Crippen molar-refractivity contribution >= 4 is 34.7 Å². The average molecular weight is 372 g/mol. The molecule has 2 aromatic carbocycles. The van der Waals surface area contributed by atoms with Gasteiger partial charge in [-0.2, -0.15) is 0 Å². The molecule has 1 amide bonds. The highest BCUT2D eigenvalue weighted by Crippen LogP contribution is 2.24. The Kier molecular flexibility index (Phi) is 5.34. The van der Waals surface area contributed by atoms with Crippen LogP contribution in [0.5, 0.6) is 5.75 Å². The van der Waals surface area contributed by atoms with Crippen LogP contribution >= 0.6 is 11.6 Å². The Hall–Kier alpha value is -3.12. The van der Waals surface area contributed by atoms with E-state index in [-0.39, 0.29) is 10.9 Å². The zero-order valence-electron chi connectivity index (χ0n) is 13.8. The number of aromatic nitrogens is 1. The van der Waals surface area contributed by atoms with Gasteiger partial charge in [-0.15, -0.1) is 0 Å². The van der Waals surface area contributed by atoms with Gasteiger partial charge in [-0.05, 0) is 54.6 Å². The van der Waals surface area contributed by atoms with Crippen molar-refractivity contribution in [2.75, 3.05) is 17.7 Å². The number of amides is 1. The lowest BCUT2D eigenvalue weighted by Gasteiger charge is -2.12. The highest BCUT2D eigenvalue weighted by Gasteiger charge is 2.13. The number of benzene rings is 2. The number of halogens is 2. The van der Waals surface area contributed by atoms with Crippen LogP contribution in [0.4, 0.5) is 21.6 Å². The SMILES string of the molecule is COc1ccc(NC(=O)c2cccnc2Nc2ccc(F)c(Cl)c2)cc1. The monoisotopic (exact) mass is 371 g/mol. The first-order chi connectivity index (χ1) is 12.6. The summed E-state index contributed by atoms with van der Waals surface area (Å²) in [7, 11) is 1.57. The van der Waals surface area contributed by atoms with Gasteiger partial charge in [0, 0.05) is 17.6 Å². The van der Waals surface area contributed by atoms with Crippen molar-refractivity contribution in [3.05, 3.63) is 77.2 Å². The molecule has 0 saturated carbocycles. The maximum absolute atomic E-state index is 13.3. The van der Waals surface area contributed by atoms with Crippen molar-refractivity contribution in [1.82, 2.24) is 4.98 Å². The van der Waals surface area contributed by atoms with Crippen LogP contribution in [-0.2, 0) is 0 Å². The second-order valence-corrected chi connectivity index (χ2v) is 5.74. The Labute approximate surface area is 154 Å². The minimum absolute atomic E-state index is 0.0184. The van der Waals surface area contributed by atoms with Crippen LogP contribution < -0.4 is 15.4 Å². The molecule has 0 radical (unpaired) electrons. The van der Waals surface area contributed by atoms with Gasteiger partial charge in [-0.3, -0.25) is 4.79 Å². The molecule has 0 bridgehead atoms. The highest BCUT2D eigenvalue weighted by molar-refractivity contribution is 6.31. The van der Waals surface area contributed by atoms with Gasteiger partial charge in [-0.25, -0.2) is 9.37 Å². The molecule has 0 atom stereocenters. The number of nitrogens with one attached hydrogen (secondary N) is 2. The number of nitrogens with zero attached hydrogens (tertiary/aromatic N) is 1. The highest BCUT2D eigenvalue weighted by atomic mass is 35.5. The van der Waals surface area contributed by atoms with Gasteiger partial charge < -0.3 is 15.4 Å². The largest absolute Gasteiger partial charge is 0.497 e. The molecule has 3 aromatic rings. The summed E-state index contributed by atoms with van der Waals surface area (Å²) >= 11 is 5.79. The first-order valence-electron chi connectivity index (χ1n) is 7.69. The molecule has 132 valence electrons. The molecule has 5 nitrogen and oxygen atoms in total. The molecule has 0 aliphatic rings. The molecule has 0 saturated heterocycles. The molecule has 1 heterocycles. The van der Waals surface area contributed by atoms with Crippen molar-refractivity contribution < 1.29 is 13.9 Å². The van der Waals surface area contributed by atoms with Gasteiger partial charge >= 0.3 is 0 Å². The van der Waals surface area contributed by atoms with Gasteiger partial charge in [0.15, 0.2) is 0 Å². The lowest BCUT2D eigenvalue weighted by molar-refractivity contribution is 0.102. The van der Waals surface area contributed by atoms with Crippen molar-refractivity contribution in [3.8, 4) is 5.75 Å². The number of hydrogen-bond acceptors (Lipinski definition) is 4. The van der Waals surface area contributed by atoms with E-state index in [1.807, 2.05) is 0 Å². The van der Waals surface area contributed by atoms with Crippen molar-refractivity contribution in [3.63, 3.8) is 0 Å². The number of rotatable bonds is 5. The summed E-state index contributed by atoms with van der Waals surface area (Å²) in [5.74, 6) is 0.177. The number of anilines is 3. The van der Waals surface area contributed by atoms with Gasteiger partial charge in [0.2, 0.25) is 0 Å². The minimum atomic E-state index is -0.518. The van der Waals surface area contributed by atoms with Crippen molar-refractivity contribution in [2.24, 2.45) is 0 Å². The number of carbonyl (C=O) groups is 1. The third-order valence-electron chi connectivity index (χ3n) is 3.58. The zero-order valence-corrected chi connectivity index (χ0v) is 14.5. The van der Waals surface area contributed by atoms with Crippen LogP contribution in [-0.4, -0.2) is 18.0 Å². The van der Waals surface area contributed by atoms with E-state index in [2.05, 4.69) is 15.6 Å². The fourth-order valence-electron chi connectivity index (χ4n) is 2.27. The molecule has 26 heavy (non-hydrogen) atoms. The van der Waals surface area contributed by atoms with Gasteiger partial charge in [0.25, 0.3) is 5.91 Å². The Morgan fingerprint density at radius 3 is 2.54 bits per heavy atom. The van der Waals surface area contributed by atoms with Crippen LogP contribution in [0, 0.1) is 5.82 Å². The lowest BCUT2D eigenvalue weighted by atomic mass is 10.2. The maximum atomic E-state index is 13.3. The predicted octanol–water partition coefficient (Wildman–Crippen LogP) is 4.88. The molecule has 2 N–H and O–H groups in total. The predicted molar refractivity (Wildman–Crippen MR) is 99.9 cm³/mol. The fraction of sp³-hybridized carbons (Fsp3) is 0.0526. The Morgan fingerprint density at radius 2 is 1.85 bits per heavy atom. The van der Waals surface area contributed by atoms with Gasteiger partial charge in [0.1, 0.15) is 17.4 Å². The van der Waals surface area contributed by atoms with E-state index < -0.39 is 5.82 Å². The first kappa shape index (κ1) is 17.7. The number of carbonyl (C=O) groups excluding carboxylic acids is 1. The van der Waals surface area contributed by atoms with Crippen LogP contribution in [0.1, 0.15) is 10.4 Å². The van der Waals surface area contributed by atoms with Crippen LogP contribution in [0.2, 0.25) is 5.02 Å². The molecule has 0 aliphatic heterocycles. The maximum Gasteiger partial charge on any atom is 0.259 e. The normalized spacial score (nSPS) is 10.3. The van der Waals surface area contributed by atoms with E-state index in [9.17, 15) is 9.18 Å². The summed E-state index contributed by atoms with van der Waals surface area (Å²) in [5.41, 5.74) is 1.48. The number of hydrogen-bond donors (Lipinski definition) is 2. The van der Waals surface area contributed by atoms with E-state index in [1.165, 1.54) is 18.2 Å². The molecule has 1 aromatic heterocycles. The summed E-state index contributed by atoms with van der Waals surface area (Å²) in [4.78, 5) is 16.8. The third-order valence-corrected chi connectivity index (χ3v) is 3.87. The average Bonchev–Trinajstić information content (AvgIpc) is 2.66. The van der Waals surface area contributed by atoms with E-state index in [0.717, 1.165) is 0 Å². The Balaban J connectivity index is 1.81. The third kappa shape index (κ3) is 4.10. The van der Waals surface area contributed by atoms with Crippen molar-refractivity contribution in [1.29, 1.82) is 0 Å². The van der Waals surface area contributed by atoms with Crippen LogP contribution in [0.3, 0.4) is 0 Å². The molecule has 0 unspecified atom stereocenters. The number of ether oxygens (including phenoxy) is 1. The van der Waals surface area contributed by atoms with Crippen LogP contribution in [0.15, 0.2) is 60.8 Å². The van der Waals surface area contributed by atoms with Crippen molar-refractivity contribution in [2.45, 2.75) is 0 Å². The lowest BCUT2D eigenvalue weighted by Crippen LogP contribution is -2.14. The van der Waals surface area contributed by atoms with E-state index in [0.29, 0.717) is 28.5 Å². The van der Waals surface area contributed by atoms with Crippen LogP contribution in [0.25, 0.3) is 0 Å². The molecule has 7 heteroatoms. The van der Waals surface area contributed by atoms with E-state index in [1.54, 1.807) is 49.7 Å². The second-order valence-electron chi connectivity index (χ2n) is 5.34. The first-order valence-corrected chi connectivity index (χ1v) is 8.07. The van der Waals surface area contributed by atoms with E-state index in [4.69, 9.17) is 16.3 Å². The summed E-state index contributed by atoms with van der Waals surface area (Å²) < 4.78 is 18.4. The summed E-state index contributed by atoms with van der Waals surface area (Å²) in [5, 5.41) is 5.76. The molecular weight excluding hydrogens is 357 g/mol. The van der Waals surface area contributed by atoms with Gasteiger partial charge in [-0.1, -0.05) is 11.6 Å². The Bertz CT molecular complexity index is 932. The molecule has 0 aliphatic carbocycles. The molecule has 0 spiro atoms. The summed E-state index contributed by atoms with van der Waals surface area (Å²) in [6, 6.07) is 14.4. The zero-order chi connectivity index (χ0) is 18.5. The molecule has 3 rings (SSSR count). The Morgan fingerprint density at radius 1 is 1.12 bits per heavy atom. The second kappa shape index (κ2) is 7.84. The minimum Gasteiger partial charge on any atom is -0.497 e.